The second-order valence-electron chi connectivity index (χ2n) is 4.36. The molecule has 0 aliphatic heterocycles. The quantitative estimate of drug-likeness (QED) is 0.816. The van der Waals surface area contributed by atoms with Gasteiger partial charge >= 0.3 is 0 Å². The first-order valence-electron chi connectivity index (χ1n) is 6.23. The number of hydrogen-bond acceptors (Lipinski definition) is 3. The molecule has 0 fully saturated rings. The van der Waals surface area contributed by atoms with Crippen molar-refractivity contribution in [3.05, 3.63) is 48.3 Å². The third-order valence-electron chi connectivity index (χ3n) is 2.81. The molecule has 5 heteroatoms. The van der Waals surface area contributed by atoms with Gasteiger partial charge in [0.15, 0.2) is 0 Å². The van der Waals surface area contributed by atoms with Gasteiger partial charge in [0.2, 0.25) is 0 Å². The summed E-state index contributed by atoms with van der Waals surface area (Å²) < 4.78 is 21.0. The molecule has 1 heterocycles. The van der Waals surface area contributed by atoms with Gasteiger partial charge in [0, 0.05) is 30.6 Å². The van der Waals surface area contributed by atoms with E-state index >= 15 is 0 Å². The molecule has 0 saturated heterocycles. The average Bonchev–Trinajstić information content (AvgIpc) is 2.87. The summed E-state index contributed by atoms with van der Waals surface area (Å²) in [6.45, 7) is 2.85. The van der Waals surface area contributed by atoms with E-state index in [2.05, 4.69) is 4.98 Å². The Morgan fingerprint density at radius 2 is 2.32 bits per heavy atom. The molecule has 4 nitrogen and oxygen atoms in total. The average molecular weight is 264 g/mol. The van der Waals surface area contributed by atoms with Crippen molar-refractivity contribution in [1.29, 1.82) is 0 Å². The molecule has 1 N–H and O–H groups in total. The topological polar surface area (TPSA) is 47.3 Å². The van der Waals surface area contributed by atoms with Gasteiger partial charge in [0.25, 0.3) is 0 Å². The zero-order chi connectivity index (χ0) is 13.7. The van der Waals surface area contributed by atoms with Crippen LogP contribution in [0, 0.1) is 5.82 Å². The molecule has 2 rings (SSSR count). The molecular formula is C14H17FN2O2. The van der Waals surface area contributed by atoms with Gasteiger partial charge in [-0.15, -0.1) is 0 Å². The van der Waals surface area contributed by atoms with Crippen LogP contribution in [0.2, 0.25) is 0 Å². The first kappa shape index (κ1) is 13.5. The molecule has 0 spiro atoms. The number of rotatable bonds is 6. The van der Waals surface area contributed by atoms with Crippen molar-refractivity contribution in [3.8, 4) is 5.75 Å². The molecular weight excluding hydrogens is 247 g/mol. The molecule has 2 aromatic rings. The lowest BCUT2D eigenvalue weighted by Gasteiger charge is -2.10. The van der Waals surface area contributed by atoms with Crippen LogP contribution in [0.4, 0.5) is 4.39 Å². The highest BCUT2D eigenvalue weighted by atomic mass is 19.1. The maximum absolute atomic E-state index is 13.6. The van der Waals surface area contributed by atoms with Gasteiger partial charge in [-0.1, -0.05) is 0 Å². The Kier molecular flexibility index (Phi) is 4.52. The van der Waals surface area contributed by atoms with Crippen LogP contribution in [0.3, 0.4) is 0 Å². The van der Waals surface area contributed by atoms with E-state index in [1.807, 2.05) is 10.8 Å². The fraction of sp³-hybridized carbons (Fsp3) is 0.357. The number of nitrogens with zero attached hydrogens (tertiary/aromatic N) is 2. The molecule has 1 aromatic heterocycles. The highest BCUT2D eigenvalue weighted by Crippen LogP contribution is 2.21. The maximum Gasteiger partial charge on any atom is 0.132 e. The molecule has 19 heavy (non-hydrogen) atoms. The van der Waals surface area contributed by atoms with E-state index in [0.29, 0.717) is 12.4 Å². The molecule has 0 aliphatic rings. The molecule has 0 bridgehead atoms. The number of benzene rings is 1. The van der Waals surface area contributed by atoms with E-state index in [-0.39, 0.29) is 5.56 Å². The normalized spacial score (nSPS) is 12.4. The van der Waals surface area contributed by atoms with Crippen LogP contribution in [0.25, 0.3) is 0 Å². The monoisotopic (exact) mass is 264 g/mol. The Morgan fingerprint density at radius 3 is 2.95 bits per heavy atom. The van der Waals surface area contributed by atoms with Crippen LogP contribution < -0.4 is 4.74 Å². The number of hydrogen-bond donors (Lipinski definition) is 1. The largest absolute Gasteiger partial charge is 0.493 e. The molecule has 0 aliphatic carbocycles. The fourth-order valence-electron chi connectivity index (χ4n) is 1.79. The summed E-state index contributed by atoms with van der Waals surface area (Å²) in [6, 6.07) is 4.52. The van der Waals surface area contributed by atoms with Crippen molar-refractivity contribution in [3.63, 3.8) is 0 Å². The predicted octanol–water partition coefficient (Wildman–Crippen LogP) is 2.54. The second-order valence-corrected chi connectivity index (χ2v) is 4.36. The summed E-state index contributed by atoms with van der Waals surface area (Å²) in [5.41, 5.74) is 0.283. The standard InChI is InChI=1S/C14H17FN2O2/c1-11(18)13-4-3-12(9-14(13)15)19-8-2-6-17-7-5-16-10-17/h3-5,7,9-11,18H,2,6,8H2,1H3. The number of aliphatic hydroxyl groups excluding tert-OH is 1. The number of imidazole rings is 1. The summed E-state index contributed by atoms with van der Waals surface area (Å²) in [4.78, 5) is 3.95. The van der Waals surface area contributed by atoms with Gasteiger partial charge in [-0.25, -0.2) is 9.37 Å². The van der Waals surface area contributed by atoms with Gasteiger partial charge in [0.1, 0.15) is 11.6 Å². The second kappa shape index (κ2) is 6.33. The van der Waals surface area contributed by atoms with Gasteiger partial charge in [-0.05, 0) is 25.5 Å². The first-order chi connectivity index (χ1) is 9.16. The fourth-order valence-corrected chi connectivity index (χ4v) is 1.79. The van der Waals surface area contributed by atoms with Gasteiger partial charge < -0.3 is 14.4 Å². The Morgan fingerprint density at radius 1 is 1.47 bits per heavy atom. The molecule has 0 amide bonds. The number of ether oxygens (including phenoxy) is 1. The lowest BCUT2D eigenvalue weighted by atomic mass is 10.1. The summed E-state index contributed by atoms with van der Waals surface area (Å²) >= 11 is 0. The van der Waals surface area contributed by atoms with Crippen LogP contribution in [0.1, 0.15) is 25.0 Å². The number of aliphatic hydroxyl groups is 1. The predicted molar refractivity (Wildman–Crippen MR) is 69.4 cm³/mol. The van der Waals surface area contributed by atoms with Crippen LogP contribution in [-0.4, -0.2) is 21.3 Å². The highest BCUT2D eigenvalue weighted by Gasteiger charge is 2.08. The van der Waals surface area contributed by atoms with E-state index in [1.165, 1.54) is 13.0 Å². The Bertz CT molecular complexity index is 512. The van der Waals surface area contributed by atoms with Crippen molar-refractivity contribution in [2.24, 2.45) is 0 Å². The van der Waals surface area contributed by atoms with E-state index in [4.69, 9.17) is 4.74 Å². The van der Waals surface area contributed by atoms with Gasteiger partial charge in [0.05, 0.1) is 19.0 Å². The van der Waals surface area contributed by atoms with Crippen LogP contribution in [0.5, 0.6) is 5.75 Å². The first-order valence-corrected chi connectivity index (χ1v) is 6.23. The highest BCUT2D eigenvalue weighted by molar-refractivity contribution is 5.29. The Hall–Kier alpha value is -1.88. The van der Waals surface area contributed by atoms with Crippen LogP contribution >= 0.6 is 0 Å². The van der Waals surface area contributed by atoms with E-state index < -0.39 is 11.9 Å². The smallest absolute Gasteiger partial charge is 0.132 e. The molecule has 0 radical (unpaired) electrons. The Labute approximate surface area is 111 Å². The molecule has 102 valence electrons. The van der Waals surface area contributed by atoms with Gasteiger partial charge in [-0.3, -0.25) is 0 Å². The van der Waals surface area contributed by atoms with Crippen LogP contribution in [0.15, 0.2) is 36.9 Å². The maximum atomic E-state index is 13.6. The molecule has 1 unspecified atom stereocenters. The minimum atomic E-state index is -0.810. The van der Waals surface area contributed by atoms with Crippen molar-refractivity contribution >= 4 is 0 Å². The van der Waals surface area contributed by atoms with E-state index in [9.17, 15) is 9.50 Å². The van der Waals surface area contributed by atoms with Crippen molar-refractivity contribution < 1.29 is 14.2 Å². The molecule has 1 aromatic carbocycles. The summed E-state index contributed by atoms with van der Waals surface area (Å²) in [6.07, 6.45) is 5.37. The van der Waals surface area contributed by atoms with Crippen molar-refractivity contribution in [1.82, 2.24) is 9.55 Å². The Balaban J connectivity index is 1.81. The zero-order valence-corrected chi connectivity index (χ0v) is 10.8. The number of halogens is 1. The molecule has 0 saturated carbocycles. The van der Waals surface area contributed by atoms with Crippen LogP contribution in [-0.2, 0) is 6.54 Å². The van der Waals surface area contributed by atoms with Gasteiger partial charge in [-0.2, -0.15) is 0 Å². The lowest BCUT2D eigenvalue weighted by molar-refractivity contribution is 0.194. The van der Waals surface area contributed by atoms with Crippen molar-refractivity contribution in [2.45, 2.75) is 26.0 Å². The minimum absolute atomic E-state index is 0.283. The van der Waals surface area contributed by atoms with E-state index in [1.54, 1.807) is 24.7 Å². The minimum Gasteiger partial charge on any atom is -0.493 e. The number of aryl methyl sites for hydroxylation is 1. The third-order valence-corrected chi connectivity index (χ3v) is 2.81. The molecule has 1 atom stereocenters. The third kappa shape index (κ3) is 3.79. The summed E-state index contributed by atoms with van der Waals surface area (Å²) in [5.74, 6) is 0.0367. The number of aromatic nitrogens is 2. The van der Waals surface area contributed by atoms with Crippen molar-refractivity contribution in [2.75, 3.05) is 6.61 Å². The lowest BCUT2D eigenvalue weighted by Crippen LogP contribution is -2.04. The van der Waals surface area contributed by atoms with E-state index in [0.717, 1.165) is 13.0 Å². The zero-order valence-electron chi connectivity index (χ0n) is 10.8. The SMILES string of the molecule is CC(O)c1ccc(OCCCn2ccnc2)cc1F. The summed E-state index contributed by atoms with van der Waals surface area (Å²) in [7, 11) is 0. The summed E-state index contributed by atoms with van der Waals surface area (Å²) in [5, 5.41) is 9.33.